The number of hydrogen-bond donors (Lipinski definition) is 2. The van der Waals surface area contributed by atoms with Gasteiger partial charge in [0.1, 0.15) is 51.2 Å². The standard InChI is InChI=1S/C21H16ClFN6O12S4.4Na/c1-8-19(22)20(27-21(23)25-8)26-14-6-13(24)18(45(39,40)41)7-15(14)29-28-9-2-11-12(16(3-9)43(33,34)35)4-10(42(30,31)32)5-17(11)44(36,37)38;;;;/h2-7H,24H2,1H3,(H,25,26,27)(H,30,31,32)(H,33,34,35)(H,36,37,38)(H,39,40,41);;;;/q;4*+1/p-4. The molecule has 0 radical (unpaired) electrons. The van der Waals surface area contributed by atoms with Crippen LogP contribution in [0.15, 0.2) is 66.2 Å². The van der Waals surface area contributed by atoms with Crippen LogP contribution in [0.25, 0.3) is 10.8 Å². The molecule has 0 aliphatic carbocycles. The Kier molecular flexibility index (Phi) is 17.9. The maximum absolute atomic E-state index is 13.9. The van der Waals surface area contributed by atoms with E-state index in [0.29, 0.717) is 24.3 Å². The molecule has 0 unspecified atom stereocenters. The van der Waals surface area contributed by atoms with Crippen molar-refractivity contribution >= 4 is 91.4 Å². The summed E-state index contributed by atoms with van der Waals surface area (Å²) in [6.45, 7) is 1.31. The summed E-state index contributed by atoms with van der Waals surface area (Å²) in [5.74, 6) is -0.393. The summed E-state index contributed by atoms with van der Waals surface area (Å²) < 4.78 is 156. The van der Waals surface area contributed by atoms with E-state index in [-0.39, 0.29) is 141 Å². The molecular weight excluding hydrogens is 803 g/mol. The van der Waals surface area contributed by atoms with Gasteiger partial charge in [-0.05, 0) is 43.3 Å². The van der Waals surface area contributed by atoms with Crippen molar-refractivity contribution in [1.82, 2.24) is 9.97 Å². The first-order valence-electron chi connectivity index (χ1n) is 11.2. The van der Waals surface area contributed by atoms with Gasteiger partial charge in [-0.25, -0.2) is 38.7 Å². The van der Waals surface area contributed by atoms with Crippen LogP contribution >= 0.6 is 11.6 Å². The Morgan fingerprint density at radius 2 is 1.22 bits per heavy atom. The number of fused-ring (bicyclic) bond motifs is 1. The van der Waals surface area contributed by atoms with Crippen molar-refractivity contribution in [3.05, 3.63) is 53.2 Å². The molecule has 28 heteroatoms. The molecule has 1 aromatic heterocycles. The van der Waals surface area contributed by atoms with Crippen LogP contribution in [0.3, 0.4) is 0 Å². The Balaban J connectivity index is 0.00000576. The van der Waals surface area contributed by atoms with Crippen molar-refractivity contribution in [1.29, 1.82) is 0 Å². The number of nitrogens with zero attached hydrogens (tertiary/aromatic N) is 4. The molecular formula is C21H12ClFN6Na4O12S4. The predicted molar refractivity (Wildman–Crippen MR) is 146 cm³/mol. The fraction of sp³-hybridized carbons (Fsp3) is 0.0476. The van der Waals surface area contributed by atoms with Crippen LogP contribution < -0.4 is 129 Å². The first-order valence-corrected chi connectivity index (χ1v) is 17.2. The summed E-state index contributed by atoms with van der Waals surface area (Å²) in [6.07, 6.45) is -1.24. The Labute approximate surface area is 371 Å². The number of nitrogens with one attached hydrogen (secondary N) is 1. The van der Waals surface area contributed by atoms with E-state index in [9.17, 15) is 56.3 Å². The van der Waals surface area contributed by atoms with Crippen LogP contribution in [0.2, 0.25) is 5.02 Å². The molecule has 3 N–H and O–H groups in total. The summed E-state index contributed by atoms with van der Waals surface area (Å²) in [7, 11) is -22.0. The molecule has 0 atom stereocenters. The number of anilines is 3. The third-order valence-electron chi connectivity index (χ3n) is 5.69. The molecule has 0 spiro atoms. The van der Waals surface area contributed by atoms with E-state index < -0.39 is 99.8 Å². The number of nitrogens with two attached hydrogens (primary N) is 1. The van der Waals surface area contributed by atoms with Crippen LogP contribution in [0.1, 0.15) is 5.69 Å². The minimum Gasteiger partial charge on any atom is -0.744 e. The molecule has 4 aromatic rings. The predicted octanol–water partition coefficient (Wildman–Crippen LogP) is -9.90. The molecule has 240 valence electrons. The minimum absolute atomic E-state index is 0. The Morgan fingerprint density at radius 1 is 0.714 bits per heavy atom. The van der Waals surface area contributed by atoms with Gasteiger partial charge in [0.2, 0.25) is 0 Å². The fourth-order valence-electron chi connectivity index (χ4n) is 3.80. The summed E-state index contributed by atoms with van der Waals surface area (Å²) in [5, 5.41) is 7.79. The van der Waals surface area contributed by atoms with Gasteiger partial charge in [0.15, 0.2) is 5.82 Å². The van der Waals surface area contributed by atoms with E-state index in [2.05, 4.69) is 25.5 Å². The molecule has 1 heterocycles. The van der Waals surface area contributed by atoms with Gasteiger partial charge >= 0.3 is 124 Å². The van der Waals surface area contributed by atoms with E-state index >= 15 is 0 Å². The molecule has 0 aliphatic rings. The molecule has 18 nitrogen and oxygen atoms in total. The third-order valence-corrected chi connectivity index (χ3v) is 9.60. The minimum atomic E-state index is -5.64. The largest absolute Gasteiger partial charge is 1.00 e. The van der Waals surface area contributed by atoms with Crippen LogP contribution in [-0.2, 0) is 40.5 Å². The topological polar surface area (TPSA) is 317 Å². The second-order valence-corrected chi connectivity index (χ2v) is 14.6. The van der Waals surface area contributed by atoms with Crippen LogP contribution in [0, 0.1) is 13.0 Å². The van der Waals surface area contributed by atoms with Crippen molar-refractivity contribution in [2.45, 2.75) is 26.5 Å². The number of benzene rings is 3. The average Bonchev–Trinajstić information content (AvgIpc) is 2.87. The normalized spacial score (nSPS) is 12.0. The molecule has 0 aliphatic heterocycles. The van der Waals surface area contributed by atoms with Gasteiger partial charge < -0.3 is 29.3 Å². The average molecular weight is 815 g/mol. The van der Waals surface area contributed by atoms with Crippen molar-refractivity contribution in [3.8, 4) is 0 Å². The van der Waals surface area contributed by atoms with E-state index in [1.165, 1.54) is 6.92 Å². The van der Waals surface area contributed by atoms with E-state index in [4.69, 9.17) is 17.3 Å². The van der Waals surface area contributed by atoms with E-state index in [1.54, 1.807) is 0 Å². The quantitative estimate of drug-likeness (QED) is 0.0548. The van der Waals surface area contributed by atoms with Gasteiger partial charge in [-0.2, -0.15) is 14.5 Å². The molecule has 0 fully saturated rings. The van der Waals surface area contributed by atoms with Crippen molar-refractivity contribution < 1.29 is 175 Å². The summed E-state index contributed by atoms with van der Waals surface area (Å²) >= 11 is 6.09. The third kappa shape index (κ3) is 11.8. The number of rotatable bonds is 8. The molecule has 4 rings (SSSR count). The van der Waals surface area contributed by atoms with E-state index in [1.807, 2.05) is 0 Å². The van der Waals surface area contributed by atoms with Gasteiger partial charge in [0.05, 0.1) is 42.3 Å². The van der Waals surface area contributed by atoms with E-state index in [0.717, 1.165) is 6.07 Å². The second-order valence-electron chi connectivity index (χ2n) is 8.75. The molecule has 49 heavy (non-hydrogen) atoms. The van der Waals surface area contributed by atoms with Crippen LogP contribution in [-0.4, -0.2) is 61.9 Å². The first-order chi connectivity index (χ1) is 20.5. The van der Waals surface area contributed by atoms with Crippen molar-refractivity contribution in [2.75, 3.05) is 11.1 Å². The number of hydrogen-bond acceptors (Lipinski definition) is 18. The summed E-state index contributed by atoms with van der Waals surface area (Å²) in [4.78, 5) is 1.74. The van der Waals surface area contributed by atoms with Gasteiger partial charge in [-0.1, -0.05) is 11.6 Å². The summed E-state index contributed by atoms with van der Waals surface area (Å²) in [6, 6.07) is 3.08. The Morgan fingerprint density at radius 3 is 1.73 bits per heavy atom. The van der Waals surface area contributed by atoms with Gasteiger partial charge in [-0.3, -0.25) is 0 Å². The number of nitrogen functional groups attached to an aromatic ring is 1. The SMILES string of the molecule is Cc1nc(F)nc(Nc2cc(N)c(S(=O)(=O)[O-])cc2N=Nc2cc(S(=O)(=O)[O-])c3cc(S(=O)(=O)[O-])cc(S(=O)(=O)[O-])c3c2)c1Cl.[Na+].[Na+].[Na+].[Na+]. The van der Waals surface area contributed by atoms with Crippen LogP contribution in [0.4, 0.5) is 33.0 Å². The Bertz CT molecular complexity index is 2430. The van der Waals surface area contributed by atoms with Gasteiger partial charge in [0.25, 0.3) is 0 Å². The zero-order valence-corrected chi connectivity index (χ0v) is 37.6. The molecule has 0 saturated carbocycles. The molecule has 3 aromatic carbocycles. The Hall–Kier alpha value is 0.0600. The number of azo groups is 1. The fourth-order valence-corrected chi connectivity index (χ4v) is 6.55. The second kappa shape index (κ2) is 17.9. The first kappa shape index (κ1) is 49.1. The molecule has 0 bridgehead atoms. The summed E-state index contributed by atoms with van der Waals surface area (Å²) in [5.41, 5.74) is 3.40. The zero-order chi connectivity index (χ0) is 33.9. The van der Waals surface area contributed by atoms with Crippen molar-refractivity contribution in [2.24, 2.45) is 10.2 Å². The van der Waals surface area contributed by atoms with Gasteiger partial charge in [0, 0.05) is 10.8 Å². The number of aromatic nitrogens is 2. The maximum atomic E-state index is 13.9. The van der Waals surface area contributed by atoms with Crippen LogP contribution in [0.5, 0.6) is 0 Å². The van der Waals surface area contributed by atoms with Crippen molar-refractivity contribution in [3.63, 3.8) is 0 Å². The zero-order valence-electron chi connectivity index (χ0n) is 25.6. The molecule has 0 saturated heterocycles. The number of aryl methyl sites for hydroxylation is 1. The monoisotopic (exact) mass is 814 g/mol. The van der Waals surface area contributed by atoms with Gasteiger partial charge in [-0.15, -0.1) is 5.11 Å². The molecule has 0 amide bonds. The number of halogens is 2. The maximum Gasteiger partial charge on any atom is 1.00 e. The smallest absolute Gasteiger partial charge is 0.744 e.